The Morgan fingerprint density at radius 1 is 0.788 bits per heavy atom. The third-order valence-electron chi connectivity index (χ3n) is 8.17. The van der Waals surface area contributed by atoms with Gasteiger partial charge in [0.15, 0.2) is 0 Å². The van der Waals surface area contributed by atoms with E-state index in [1.807, 2.05) is 24.3 Å². The van der Waals surface area contributed by atoms with Crippen molar-refractivity contribution in [3.8, 4) is 6.07 Å². The first-order valence-corrected chi connectivity index (χ1v) is 12.6. The monoisotopic (exact) mass is 450 g/mol. The van der Waals surface area contributed by atoms with Crippen molar-refractivity contribution in [2.24, 2.45) is 11.8 Å². The summed E-state index contributed by atoms with van der Waals surface area (Å²) in [4.78, 5) is 30.6. The zero-order valence-electron chi connectivity index (χ0n) is 18.1. The molecule has 1 saturated heterocycles. The molecule has 1 aromatic heterocycles. The van der Waals surface area contributed by atoms with Gasteiger partial charge in [0, 0.05) is 16.7 Å². The highest BCUT2D eigenvalue weighted by molar-refractivity contribution is 7.17. The summed E-state index contributed by atoms with van der Waals surface area (Å²) in [5.74, 6) is -1.29. The molecule has 0 saturated carbocycles. The van der Waals surface area contributed by atoms with Crippen LogP contribution in [0.25, 0.3) is 0 Å². The van der Waals surface area contributed by atoms with E-state index in [2.05, 4.69) is 30.3 Å². The fourth-order valence-electron chi connectivity index (χ4n) is 6.88. The maximum absolute atomic E-state index is 14.0. The molecule has 0 spiro atoms. The Kier molecular flexibility index (Phi) is 4.02. The van der Waals surface area contributed by atoms with E-state index in [1.165, 1.54) is 43.4 Å². The number of hydrogen-bond donors (Lipinski definition) is 0. The van der Waals surface area contributed by atoms with E-state index in [0.717, 1.165) is 37.7 Å². The summed E-state index contributed by atoms with van der Waals surface area (Å²) >= 11 is 1.50. The van der Waals surface area contributed by atoms with Crippen LogP contribution in [0.5, 0.6) is 0 Å². The van der Waals surface area contributed by atoms with Crippen LogP contribution in [0.1, 0.15) is 69.4 Å². The van der Waals surface area contributed by atoms with E-state index in [0.29, 0.717) is 10.6 Å². The second-order valence-electron chi connectivity index (χ2n) is 9.63. The van der Waals surface area contributed by atoms with Crippen LogP contribution < -0.4 is 4.90 Å². The fourth-order valence-corrected chi connectivity index (χ4v) is 8.23. The van der Waals surface area contributed by atoms with Gasteiger partial charge in [0.25, 0.3) is 0 Å². The Morgan fingerprint density at radius 2 is 1.30 bits per heavy atom. The summed E-state index contributed by atoms with van der Waals surface area (Å²) in [5, 5.41) is 10.6. The van der Waals surface area contributed by atoms with Crippen molar-refractivity contribution in [2.45, 2.75) is 43.9 Å². The molecule has 3 aromatic rings. The van der Waals surface area contributed by atoms with E-state index in [1.54, 1.807) is 0 Å². The summed E-state index contributed by atoms with van der Waals surface area (Å²) in [6, 6.07) is 19.0. The number of carbonyl (C=O) groups is 2. The van der Waals surface area contributed by atoms with Gasteiger partial charge in [0.05, 0.1) is 17.4 Å². The molecule has 2 atom stereocenters. The number of nitrogens with zero attached hydrogens (tertiary/aromatic N) is 2. The Labute approximate surface area is 196 Å². The number of thiophene rings is 1. The number of fused-ring (bicyclic) bond motifs is 1. The smallest absolute Gasteiger partial charge is 0.239 e. The first kappa shape index (κ1) is 19.3. The van der Waals surface area contributed by atoms with Gasteiger partial charge in [0.1, 0.15) is 11.1 Å². The lowest BCUT2D eigenvalue weighted by Crippen LogP contribution is -2.41. The minimum atomic E-state index is -0.402. The van der Waals surface area contributed by atoms with E-state index < -0.39 is 11.8 Å². The largest absolute Gasteiger partial charge is 0.274 e. The summed E-state index contributed by atoms with van der Waals surface area (Å²) in [6.45, 7) is 0. The van der Waals surface area contributed by atoms with Crippen LogP contribution in [-0.4, -0.2) is 11.8 Å². The van der Waals surface area contributed by atoms with Gasteiger partial charge in [-0.2, -0.15) is 5.26 Å². The van der Waals surface area contributed by atoms with Crippen LogP contribution in [0.2, 0.25) is 0 Å². The zero-order chi connectivity index (χ0) is 22.3. The average Bonchev–Trinajstić information content (AvgIpc) is 3.20. The molecule has 1 fully saturated rings. The number of amides is 2. The summed E-state index contributed by atoms with van der Waals surface area (Å²) in [6.07, 6.45) is 5.10. The Morgan fingerprint density at radius 3 is 1.82 bits per heavy atom. The van der Waals surface area contributed by atoms with Gasteiger partial charge in [-0.25, -0.2) is 4.90 Å². The topological polar surface area (TPSA) is 61.2 Å². The molecule has 2 heterocycles. The zero-order valence-corrected chi connectivity index (χ0v) is 18.9. The summed E-state index contributed by atoms with van der Waals surface area (Å²) < 4.78 is 0. The highest BCUT2D eigenvalue weighted by atomic mass is 32.1. The van der Waals surface area contributed by atoms with Crippen molar-refractivity contribution in [1.82, 2.24) is 0 Å². The molecule has 0 N–H and O–H groups in total. The second kappa shape index (κ2) is 6.88. The van der Waals surface area contributed by atoms with Crippen molar-refractivity contribution in [2.75, 3.05) is 4.90 Å². The Balaban J connectivity index is 1.41. The SMILES string of the molecule is N#Cc1c(N2C(=O)C3C4c5ccccc5C(c5ccccc54)C3C2=O)sc2c1CCCCC2. The van der Waals surface area contributed by atoms with Crippen molar-refractivity contribution >= 4 is 28.2 Å². The molecule has 2 unspecified atom stereocenters. The average molecular weight is 451 g/mol. The van der Waals surface area contributed by atoms with Gasteiger partial charge in [-0.05, 0) is 53.5 Å². The third-order valence-corrected chi connectivity index (χ3v) is 9.44. The van der Waals surface area contributed by atoms with Crippen molar-refractivity contribution in [3.63, 3.8) is 0 Å². The minimum absolute atomic E-state index is 0.114. The number of imide groups is 1. The first-order valence-electron chi connectivity index (χ1n) is 11.8. The lowest BCUT2D eigenvalue weighted by atomic mass is 9.55. The van der Waals surface area contributed by atoms with E-state index >= 15 is 0 Å². The molecule has 8 rings (SSSR count). The van der Waals surface area contributed by atoms with Crippen molar-refractivity contribution < 1.29 is 9.59 Å². The number of anilines is 1. The number of aryl methyl sites for hydroxylation is 1. The normalized spacial score (nSPS) is 26.8. The molecule has 1 aliphatic heterocycles. The lowest BCUT2D eigenvalue weighted by molar-refractivity contribution is -0.122. The molecular weight excluding hydrogens is 428 g/mol. The number of carbonyl (C=O) groups excluding carboxylic acids is 2. The van der Waals surface area contributed by atoms with Crippen LogP contribution in [0, 0.1) is 23.2 Å². The predicted octanol–water partition coefficient (Wildman–Crippen LogP) is 5.29. The van der Waals surface area contributed by atoms with Crippen LogP contribution in [0.4, 0.5) is 5.00 Å². The van der Waals surface area contributed by atoms with Crippen molar-refractivity contribution in [3.05, 3.63) is 86.8 Å². The lowest BCUT2D eigenvalue weighted by Gasteiger charge is -2.45. The number of benzene rings is 2. The molecule has 5 aliphatic rings. The predicted molar refractivity (Wildman–Crippen MR) is 126 cm³/mol. The van der Waals surface area contributed by atoms with Crippen molar-refractivity contribution in [1.29, 1.82) is 5.26 Å². The molecule has 162 valence electrons. The Bertz CT molecular complexity index is 1280. The third kappa shape index (κ3) is 2.40. The van der Waals surface area contributed by atoms with Crippen LogP contribution >= 0.6 is 11.3 Å². The van der Waals surface area contributed by atoms with Gasteiger partial charge in [0.2, 0.25) is 11.8 Å². The second-order valence-corrected chi connectivity index (χ2v) is 10.7. The summed E-state index contributed by atoms with van der Waals surface area (Å²) in [7, 11) is 0. The highest BCUT2D eigenvalue weighted by Crippen LogP contribution is 2.61. The molecule has 4 aliphatic carbocycles. The van der Waals surface area contributed by atoms with Gasteiger partial charge in [-0.15, -0.1) is 11.3 Å². The molecule has 2 aromatic carbocycles. The maximum Gasteiger partial charge on any atom is 0.239 e. The van der Waals surface area contributed by atoms with Gasteiger partial charge < -0.3 is 0 Å². The van der Waals surface area contributed by atoms with E-state index in [9.17, 15) is 14.9 Å². The number of hydrogen-bond acceptors (Lipinski definition) is 4. The summed E-state index contributed by atoms with van der Waals surface area (Å²) in [5.41, 5.74) is 6.32. The van der Waals surface area contributed by atoms with E-state index in [-0.39, 0.29) is 23.7 Å². The van der Waals surface area contributed by atoms with E-state index in [4.69, 9.17) is 0 Å². The molecule has 2 bridgehead atoms. The molecule has 5 heteroatoms. The van der Waals surface area contributed by atoms with Gasteiger partial charge in [-0.3, -0.25) is 9.59 Å². The quantitative estimate of drug-likeness (QED) is 0.374. The molecule has 0 radical (unpaired) electrons. The van der Waals surface area contributed by atoms with Crippen LogP contribution in [0.15, 0.2) is 48.5 Å². The fraction of sp³-hybridized carbons (Fsp3) is 0.321. The molecule has 2 amide bonds. The maximum atomic E-state index is 14.0. The first-order chi connectivity index (χ1) is 16.2. The van der Waals surface area contributed by atoms with Crippen LogP contribution in [0.3, 0.4) is 0 Å². The molecular formula is C28H22N2O2S. The Hall–Kier alpha value is -3.23. The molecule has 33 heavy (non-hydrogen) atoms. The molecule has 4 nitrogen and oxygen atoms in total. The standard InChI is InChI=1S/C28H22N2O2S/c29-14-20-15-8-2-1-3-13-21(15)33-28(20)30-26(31)24-22-16-9-4-5-10-17(16)23(25(24)27(30)32)19-12-7-6-11-18(19)22/h4-7,9-12,22-25H,1-3,8,13H2. The number of rotatable bonds is 1. The van der Waals surface area contributed by atoms with Crippen LogP contribution in [-0.2, 0) is 22.4 Å². The minimum Gasteiger partial charge on any atom is -0.274 e. The highest BCUT2D eigenvalue weighted by Gasteiger charge is 2.62. The number of nitriles is 1. The van der Waals surface area contributed by atoms with Gasteiger partial charge in [-0.1, -0.05) is 55.0 Å². The van der Waals surface area contributed by atoms with Gasteiger partial charge >= 0.3 is 0 Å².